The first-order chi connectivity index (χ1) is 8.81. The van der Waals surface area contributed by atoms with E-state index in [1.807, 2.05) is 13.2 Å². The van der Waals surface area contributed by atoms with E-state index in [2.05, 4.69) is 10.3 Å². The Morgan fingerprint density at radius 3 is 3.11 bits per heavy atom. The van der Waals surface area contributed by atoms with E-state index >= 15 is 0 Å². The maximum atomic E-state index is 6.17. The van der Waals surface area contributed by atoms with E-state index in [1.165, 1.54) is 0 Å². The Labute approximate surface area is 113 Å². The highest BCUT2D eigenvalue weighted by molar-refractivity contribution is 6.31. The molecule has 4 nitrogen and oxygen atoms in total. The van der Waals surface area contributed by atoms with Crippen LogP contribution in [0, 0.1) is 0 Å². The Hall–Kier alpha value is -0.680. The van der Waals surface area contributed by atoms with E-state index in [9.17, 15) is 0 Å². The van der Waals surface area contributed by atoms with Crippen LogP contribution in [0.3, 0.4) is 0 Å². The molecule has 18 heavy (non-hydrogen) atoms. The second-order valence-corrected chi connectivity index (χ2v) is 4.80. The fraction of sp³-hybridized carbons (Fsp3) is 0.615. The summed E-state index contributed by atoms with van der Waals surface area (Å²) in [6.45, 7) is 2.00. The van der Waals surface area contributed by atoms with Gasteiger partial charge in [0.1, 0.15) is 0 Å². The molecule has 1 aromatic rings. The number of halogens is 1. The predicted octanol–water partition coefficient (Wildman–Crippen LogP) is 2.50. The van der Waals surface area contributed by atoms with Crippen molar-refractivity contribution in [3.8, 4) is 0 Å². The molecule has 0 radical (unpaired) electrons. The SMILES string of the molecule is CNCc1cncc(Cl)c1COC1CCCCO1. The third kappa shape index (κ3) is 3.65. The quantitative estimate of drug-likeness (QED) is 0.893. The second kappa shape index (κ2) is 7.04. The first-order valence-electron chi connectivity index (χ1n) is 6.30. The van der Waals surface area contributed by atoms with Crippen molar-refractivity contribution in [3.05, 3.63) is 28.5 Å². The molecule has 1 atom stereocenters. The summed E-state index contributed by atoms with van der Waals surface area (Å²) in [6.07, 6.45) is 6.64. The van der Waals surface area contributed by atoms with Crippen molar-refractivity contribution >= 4 is 11.6 Å². The van der Waals surface area contributed by atoms with Gasteiger partial charge in [-0.25, -0.2) is 0 Å². The van der Waals surface area contributed by atoms with Gasteiger partial charge >= 0.3 is 0 Å². The van der Waals surface area contributed by atoms with Crippen LogP contribution in [0.5, 0.6) is 0 Å². The summed E-state index contributed by atoms with van der Waals surface area (Å²) in [4.78, 5) is 4.10. The molecule has 1 N–H and O–H groups in total. The highest BCUT2D eigenvalue weighted by atomic mass is 35.5. The molecule has 2 rings (SSSR count). The molecular weight excluding hydrogens is 252 g/mol. The number of hydrogen-bond acceptors (Lipinski definition) is 4. The molecule has 0 spiro atoms. The lowest BCUT2D eigenvalue weighted by Crippen LogP contribution is -2.22. The molecule has 0 saturated carbocycles. The van der Waals surface area contributed by atoms with E-state index in [1.54, 1.807) is 6.20 Å². The molecule has 5 heteroatoms. The summed E-state index contributed by atoms with van der Waals surface area (Å²) in [6, 6.07) is 0. The minimum atomic E-state index is -0.0922. The number of ether oxygens (including phenoxy) is 2. The Balaban J connectivity index is 1.98. The minimum Gasteiger partial charge on any atom is -0.353 e. The number of pyridine rings is 1. The number of rotatable bonds is 5. The molecule has 1 aliphatic rings. The first-order valence-corrected chi connectivity index (χ1v) is 6.68. The van der Waals surface area contributed by atoms with Crippen LogP contribution in [-0.2, 0) is 22.6 Å². The lowest BCUT2D eigenvalue weighted by atomic mass is 10.1. The highest BCUT2D eigenvalue weighted by Gasteiger charge is 2.16. The molecule has 100 valence electrons. The van der Waals surface area contributed by atoms with Crippen LogP contribution in [-0.4, -0.2) is 24.9 Å². The van der Waals surface area contributed by atoms with Crippen LogP contribution in [0.1, 0.15) is 30.4 Å². The van der Waals surface area contributed by atoms with Crippen molar-refractivity contribution in [1.29, 1.82) is 0 Å². The Morgan fingerprint density at radius 1 is 1.50 bits per heavy atom. The summed E-state index contributed by atoms with van der Waals surface area (Å²) >= 11 is 6.17. The van der Waals surface area contributed by atoms with Crippen molar-refractivity contribution in [1.82, 2.24) is 10.3 Å². The largest absolute Gasteiger partial charge is 0.353 e. The Morgan fingerprint density at radius 2 is 2.39 bits per heavy atom. The second-order valence-electron chi connectivity index (χ2n) is 4.40. The van der Waals surface area contributed by atoms with Crippen LogP contribution in [0.15, 0.2) is 12.4 Å². The molecule has 0 bridgehead atoms. The summed E-state index contributed by atoms with van der Waals surface area (Å²) in [7, 11) is 1.90. The van der Waals surface area contributed by atoms with Crippen LogP contribution in [0.2, 0.25) is 5.02 Å². The molecule has 0 aliphatic carbocycles. The van der Waals surface area contributed by atoms with E-state index in [0.717, 1.165) is 43.5 Å². The smallest absolute Gasteiger partial charge is 0.158 e. The fourth-order valence-electron chi connectivity index (χ4n) is 2.03. The summed E-state index contributed by atoms with van der Waals surface area (Å²) in [5.74, 6) is 0. The van der Waals surface area contributed by atoms with Crippen molar-refractivity contribution in [2.45, 2.75) is 38.7 Å². The number of nitrogens with one attached hydrogen (secondary N) is 1. The van der Waals surface area contributed by atoms with E-state index in [-0.39, 0.29) is 6.29 Å². The summed E-state index contributed by atoms with van der Waals surface area (Å²) < 4.78 is 11.3. The molecule has 2 heterocycles. The molecule has 1 aromatic heterocycles. The molecule has 1 fully saturated rings. The van der Waals surface area contributed by atoms with Gasteiger partial charge in [-0.3, -0.25) is 4.98 Å². The summed E-state index contributed by atoms with van der Waals surface area (Å²) in [5.41, 5.74) is 2.07. The van der Waals surface area contributed by atoms with Crippen molar-refractivity contribution in [2.24, 2.45) is 0 Å². The monoisotopic (exact) mass is 270 g/mol. The van der Waals surface area contributed by atoms with Crippen LogP contribution < -0.4 is 5.32 Å². The van der Waals surface area contributed by atoms with Gasteiger partial charge in [0, 0.05) is 31.1 Å². The highest BCUT2D eigenvalue weighted by Crippen LogP contribution is 2.22. The van der Waals surface area contributed by atoms with Crippen LogP contribution in [0.25, 0.3) is 0 Å². The average Bonchev–Trinajstić information content (AvgIpc) is 2.40. The molecule has 0 aromatic carbocycles. The van der Waals surface area contributed by atoms with E-state index in [0.29, 0.717) is 11.6 Å². The van der Waals surface area contributed by atoms with E-state index < -0.39 is 0 Å². The average molecular weight is 271 g/mol. The molecule has 1 unspecified atom stereocenters. The maximum Gasteiger partial charge on any atom is 0.158 e. The van der Waals surface area contributed by atoms with Gasteiger partial charge in [0.05, 0.1) is 11.6 Å². The van der Waals surface area contributed by atoms with Gasteiger partial charge in [-0.1, -0.05) is 11.6 Å². The lowest BCUT2D eigenvalue weighted by molar-refractivity contribution is -0.169. The van der Waals surface area contributed by atoms with Crippen LogP contribution in [0.4, 0.5) is 0 Å². The normalized spacial score (nSPS) is 20.0. The van der Waals surface area contributed by atoms with Gasteiger partial charge in [-0.15, -0.1) is 0 Å². The zero-order valence-corrected chi connectivity index (χ0v) is 11.4. The Bertz CT molecular complexity index is 381. The topological polar surface area (TPSA) is 43.4 Å². The predicted molar refractivity (Wildman–Crippen MR) is 70.4 cm³/mol. The third-order valence-electron chi connectivity index (χ3n) is 3.01. The Kier molecular flexibility index (Phi) is 5.38. The van der Waals surface area contributed by atoms with Crippen molar-refractivity contribution in [3.63, 3.8) is 0 Å². The van der Waals surface area contributed by atoms with Gasteiger partial charge in [0.25, 0.3) is 0 Å². The van der Waals surface area contributed by atoms with Gasteiger partial charge in [0.2, 0.25) is 0 Å². The third-order valence-corrected chi connectivity index (χ3v) is 3.34. The zero-order valence-electron chi connectivity index (χ0n) is 10.6. The summed E-state index contributed by atoms with van der Waals surface area (Å²) in [5, 5.41) is 3.76. The standard InChI is InChI=1S/C13H19ClN2O2/c1-15-6-10-7-16-8-12(14)11(10)9-18-13-4-2-3-5-17-13/h7-8,13,15H,2-6,9H2,1H3. The maximum absolute atomic E-state index is 6.17. The number of hydrogen-bond donors (Lipinski definition) is 1. The molecular formula is C13H19ClN2O2. The van der Waals surface area contributed by atoms with Gasteiger partial charge < -0.3 is 14.8 Å². The molecule has 1 saturated heterocycles. The zero-order chi connectivity index (χ0) is 12.8. The number of aromatic nitrogens is 1. The van der Waals surface area contributed by atoms with E-state index in [4.69, 9.17) is 21.1 Å². The lowest BCUT2D eigenvalue weighted by Gasteiger charge is -2.23. The van der Waals surface area contributed by atoms with Gasteiger partial charge in [-0.2, -0.15) is 0 Å². The van der Waals surface area contributed by atoms with Gasteiger partial charge in [0.15, 0.2) is 6.29 Å². The number of nitrogens with zero attached hydrogens (tertiary/aromatic N) is 1. The van der Waals surface area contributed by atoms with Crippen molar-refractivity contribution in [2.75, 3.05) is 13.7 Å². The van der Waals surface area contributed by atoms with Crippen LogP contribution >= 0.6 is 11.6 Å². The van der Waals surface area contributed by atoms with Gasteiger partial charge in [-0.05, 0) is 31.9 Å². The minimum absolute atomic E-state index is 0.0922. The molecule has 1 aliphatic heterocycles. The first kappa shape index (κ1) is 13.7. The fourth-order valence-corrected chi connectivity index (χ4v) is 2.26. The van der Waals surface area contributed by atoms with Crippen molar-refractivity contribution < 1.29 is 9.47 Å². The molecule has 0 amide bonds.